The number of benzene rings is 2. The number of aliphatic hydroxyl groups is 3. The molecule has 0 spiro atoms. The third-order valence-corrected chi connectivity index (χ3v) is 7.34. The lowest BCUT2D eigenvalue weighted by atomic mass is 9.87. The first-order valence-electron chi connectivity index (χ1n) is 13.0. The lowest BCUT2D eigenvalue weighted by Gasteiger charge is -2.41. The van der Waals surface area contributed by atoms with E-state index in [0.717, 1.165) is 0 Å². The van der Waals surface area contributed by atoms with Crippen molar-refractivity contribution in [3.63, 3.8) is 0 Å². The van der Waals surface area contributed by atoms with Gasteiger partial charge in [0.05, 0.1) is 29.9 Å². The molecule has 0 saturated carbocycles. The maximum Gasteiger partial charge on any atom is 0.247 e. The minimum atomic E-state index is -1.28. The third kappa shape index (κ3) is 7.93. The molecule has 0 heterocycles. The zero-order chi connectivity index (χ0) is 29.4. The molecule has 2 amide bonds. The predicted octanol–water partition coefficient (Wildman–Crippen LogP) is 2.92. The minimum Gasteiger partial charge on any atom is -0.493 e. The van der Waals surface area contributed by atoms with Gasteiger partial charge in [0, 0.05) is 37.1 Å². The fourth-order valence-electron chi connectivity index (χ4n) is 4.56. The SMILES string of the molecule is COc1cc(CO)cc(I)c1O[C@H]1C=C(C(=O)NCCO)C[C@@H](N(Cc2ccccc2F)C(=O)CC(C)C)[C@@H]1O. The van der Waals surface area contributed by atoms with E-state index in [-0.39, 0.29) is 62.1 Å². The highest BCUT2D eigenvalue weighted by molar-refractivity contribution is 14.1. The standard InChI is InChI=1S/C29H36FIN2O7/c1-17(2)10-26(36)33(15-19-6-4-5-7-21(19)30)23-13-20(29(38)32-8-9-34)14-24(27(23)37)40-28-22(31)11-18(16-35)12-25(28)39-3/h4-7,11-12,14,17,23-24,27,34-35,37H,8-10,13,15-16H2,1-3H3,(H,32,38)/t23-,24+,27+/m1/s1. The normalized spacial score (nSPS) is 18.7. The van der Waals surface area contributed by atoms with E-state index in [2.05, 4.69) is 5.32 Å². The average molecular weight is 671 g/mol. The highest BCUT2D eigenvalue weighted by Crippen LogP contribution is 2.37. The molecule has 0 unspecified atom stereocenters. The molecule has 4 N–H and O–H groups in total. The van der Waals surface area contributed by atoms with Gasteiger partial charge in [-0.25, -0.2) is 4.39 Å². The predicted molar refractivity (Wildman–Crippen MR) is 155 cm³/mol. The number of methoxy groups -OCH3 is 1. The number of amides is 2. The van der Waals surface area contributed by atoms with E-state index in [1.54, 1.807) is 30.3 Å². The summed E-state index contributed by atoms with van der Waals surface area (Å²) in [6.45, 7) is 3.22. The van der Waals surface area contributed by atoms with Crippen LogP contribution >= 0.6 is 22.6 Å². The van der Waals surface area contributed by atoms with Gasteiger partial charge in [0.2, 0.25) is 11.8 Å². The number of hydrogen-bond donors (Lipinski definition) is 4. The van der Waals surface area contributed by atoms with Gasteiger partial charge in [-0.2, -0.15) is 0 Å². The second-order valence-electron chi connectivity index (χ2n) is 9.99. The summed E-state index contributed by atoms with van der Waals surface area (Å²) < 4.78 is 27.0. The third-order valence-electron chi connectivity index (χ3n) is 6.54. The van der Waals surface area contributed by atoms with Crippen LogP contribution in [0, 0.1) is 15.3 Å². The maximum absolute atomic E-state index is 14.7. The van der Waals surface area contributed by atoms with Crippen molar-refractivity contribution in [2.45, 2.75) is 58.1 Å². The Labute approximate surface area is 247 Å². The Bertz CT molecular complexity index is 1220. The summed E-state index contributed by atoms with van der Waals surface area (Å²) in [6.07, 6.45) is -0.708. The summed E-state index contributed by atoms with van der Waals surface area (Å²) in [6, 6.07) is 8.51. The monoisotopic (exact) mass is 670 g/mol. The van der Waals surface area contributed by atoms with Crippen molar-refractivity contribution in [1.29, 1.82) is 0 Å². The van der Waals surface area contributed by atoms with Gasteiger partial charge in [-0.15, -0.1) is 0 Å². The van der Waals surface area contributed by atoms with Crippen molar-refractivity contribution >= 4 is 34.4 Å². The first-order valence-corrected chi connectivity index (χ1v) is 14.1. The van der Waals surface area contributed by atoms with Crippen LogP contribution in [0.15, 0.2) is 48.0 Å². The molecule has 0 aliphatic heterocycles. The summed E-state index contributed by atoms with van der Waals surface area (Å²) in [5.74, 6) is -0.629. The van der Waals surface area contributed by atoms with Gasteiger partial charge in [-0.1, -0.05) is 32.0 Å². The number of carbonyl (C=O) groups is 2. The maximum atomic E-state index is 14.7. The van der Waals surface area contributed by atoms with Gasteiger partial charge >= 0.3 is 0 Å². The molecule has 1 aliphatic carbocycles. The van der Waals surface area contributed by atoms with Gasteiger partial charge in [-0.05, 0) is 58.3 Å². The van der Waals surface area contributed by atoms with Crippen LogP contribution in [0.5, 0.6) is 11.5 Å². The molecule has 0 aromatic heterocycles. The summed E-state index contributed by atoms with van der Waals surface area (Å²) in [5, 5.41) is 33.0. The molecule has 3 rings (SSSR count). The Hall–Kier alpha value is -2.74. The Kier molecular flexibility index (Phi) is 11.7. The smallest absolute Gasteiger partial charge is 0.247 e. The number of ether oxygens (including phenoxy) is 2. The van der Waals surface area contributed by atoms with Gasteiger partial charge in [0.15, 0.2) is 11.5 Å². The second-order valence-corrected chi connectivity index (χ2v) is 11.2. The van der Waals surface area contributed by atoms with E-state index in [0.29, 0.717) is 20.6 Å². The van der Waals surface area contributed by atoms with Crippen LogP contribution in [0.4, 0.5) is 4.39 Å². The molecular formula is C29H36FIN2O7. The molecule has 11 heteroatoms. The van der Waals surface area contributed by atoms with Crippen LogP contribution < -0.4 is 14.8 Å². The number of rotatable bonds is 12. The van der Waals surface area contributed by atoms with Crippen LogP contribution in [-0.2, 0) is 22.7 Å². The van der Waals surface area contributed by atoms with Crippen molar-refractivity contribution in [2.75, 3.05) is 20.3 Å². The number of nitrogens with zero attached hydrogens (tertiary/aromatic N) is 1. The second kappa shape index (κ2) is 14.8. The molecule has 3 atom stereocenters. The number of hydrogen-bond acceptors (Lipinski definition) is 7. The molecule has 0 saturated heterocycles. The minimum absolute atomic E-state index is 0.00199. The van der Waals surface area contributed by atoms with Gasteiger partial charge in [-0.3, -0.25) is 9.59 Å². The Morgan fingerprint density at radius 1 is 1.23 bits per heavy atom. The van der Waals surface area contributed by atoms with Gasteiger partial charge in [0.1, 0.15) is 18.0 Å². The van der Waals surface area contributed by atoms with Crippen LogP contribution in [0.25, 0.3) is 0 Å². The molecule has 218 valence electrons. The molecule has 9 nitrogen and oxygen atoms in total. The van der Waals surface area contributed by atoms with Crippen molar-refractivity contribution < 1.29 is 38.8 Å². The van der Waals surface area contributed by atoms with Crippen molar-refractivity contribution in [1.82, 2.24) is 10.2 Å². The lowest BCUT2D eigenvalue weighted by Crippen LogP contribution is -2.55. The molecular weight excluding hydrogens is 634 g/mol. The first kappa shape index (κ1) is 31.8. The summed E-state index contributed by atoms with van der Waals surface area (Å²) in [5.41, 5.74) is 1.14. The number of aliphatic hydroxyl groups excluding tert-OH is 3. The lowest BCUT2D eigenvalue weighted by molar-refractivity contribution is -0.140. The largest absolute Gasteiger partial charge is 0.493 e. The van der Waals surface area contributed by atoms with Crippen molar-refractivity contribution in [3.8, 4) is 11.5 Å². The average Bonchev–Trinajstić information content (AvgIpc) is 2.92. The highest BCUT2D eigenvalue weighted by atomic mass is 127. The molecule has 40 heavy (non-hydrogen) atoms. The van der Waals surface area contributed by atoms with Crippen molar-refractivity contribution in [3.05, 3.63) is 68.6 Å². The molecule has 1 aliphatic rings. The summed E-state index contributed by atoms with van der Waals surface area (Å²) in [4.78, 5) is 27.9. The number of carbonyl (C=O) groups excluding carboxylic acids is 2. The molecule has 0 radical (unpaired) electrons. The Balaban J connectivity index is 2.06. The zero-order valence-electron chi connectivity index (χ0n) is 22.8. The van der Waals surface area contributed by atoms with E-state index in [4.69, 9.17) is 9.47 Å². The van der Waals surface area contributed by atoms with Gasteiger partial charge < -0.3 is 35.0 Å². The number of halogens is 2. The number of nitrogens with one attached hydrogen (secondary N) is 1. The summed E-state index contributed by atoms with van der Waals surface area (Å²) in [7, 11) is 1.45. The fourth-order valence-corrected chi connectivity index (χ4v) is 5.35. The molecule has 0 fully saturated rings. The van der Waals surface area contributed by atoms with E-state index < -0.39 is 30.0 Å². The molecule has 2 aromatic rings. The summed E-state index contributed by atoms with van der Waals surface area (Å²) >= 11 is 2.03. The Morgan fingerprint density at radius 2 is 1.95 bits per heavy atom. The van der Waals surface area contributed by atoms with Crippen LogP contribution in [-0.4, -0.2) is 70.5 Å². The molecule has 2 aromatic carbocycles. The highest BCUT2D eigenvalue weighted by Gasteiger charge is 2.41. The van der Waals surface area contributed by atoms with E-state index in [1.807, 2.05) is 36.4 Å². The van der Waals surface area contributed by atoms with Crippen LogP contribution in [0.2, 0.25) is 0 Å². The van der Waals surface area contributed by atoms with E-state index in [1.165, 1.54) is 24.2 Å². The topological polar surface area (TPSA) is 129 Å². The Morgan fingerprint density at radius 3 is 2.58 bits per heavy atom. The fraction of sp³-hybridized carbons (Fsp3) is 0.448. The zero-order valence-corrected chi connectivity index (χ0v) is 24.9. The first-order chi connectivity index (χ1) is 19.1. The van der Waals surface area contributed by atoms with Crippen molar-refractivity contribution in [2.24, 2.45) is 5.92 Å². The van der Waals surface area contributed by atoms with E-state index in [9.17, 15) is 29.3 Å². The van der Waals surface area contributed by atoms with Gasteiger partial charge in [0.25, 0.3) is 0 Å². The van der Waals surface area contributed by atoms with Crippen LogP contribution in [0.1, 0.15) is 37.8 Å². The van der Waals surface area contributed by atoms with E-state index >= 15 is 0 Å². The molecule has 0 bridgehead atoms. The van der Waals surface area contributed by atoms with Crippen LogP contribution in [0.3, 0.4) is 0 Å². The quantitative estimate of drug-likeness (QED) is 0.256.